The van der Waals surface area contributed by atoms with Crippen molar-refractivity contribution in [3.8, 4) is 0 Å². The van der Waals surface area contributed by atoms with Crippen molar-refractivity contribution in [2.75, 3.05) is 5.32 Å². The van der Waals surface area contributed by atoms with Gasteiger partial charge in [0, 0.05) is 11.1 Å². The van der Waals surface area contributed by atoms with Crippen LogP contribution in [0.15, 0.2) is 52.5 Å². The smallest absolute Gasteiger partial charge is 0.260 e. The van der Waals surface area contributed by atoms with E-state index >= 15 is 0 Å². The van der Waals surface area contributed by atoms with Crippen molar-refractivity contribution in [2.24, 2.45) is 0 Å². The van der Waals surface area contributed by atoms with Crippen LogP contribution in [0.1, 0.15) is 22.3 Å². The van der Waals surface area contributed by atoms with E-state index in [1.54, 1.807) is 24.4 Å². The van der Waals surface area contributed by atoms with Gasteiger partial charge in [-0.2, -0.15) is 0 Å². The fourth-order valence-electron chi connectivity index (χ4n) is 1.89. The van der Waals surface area contributed by atoms with Gasteiger partial charge < -0.3 is 0 Å². The van der Waals surface area contributed by atoms with E-state index in [0.717, 1.165) is 16.3 Å². The molecule has 5 nitrogen and oxygen atoms in total. The minimum absolute atomic E-state index is 0.267. The lowest BCUT2D eigenvalue weighted by molar-refractivity contribution is 0.102. The van der Waals surface area contributed by atoms with Crippen LogP contribution in [0.25, 0.3) is 0 Å². The van der Waals surface area contributed by atoms with Gasteiger partial charge >= 0.3 is 0 Å². The van der Waals surface area contributed by atoms with Crippen LogP contribution in [0, 0.1) is 0 Å². The maximum atomic E-state index is 12.5. The van der Waals surface area contributed by atoms with E-state index in [4.69, 9.17) is 11.6 Å². The van der Waals surface area contributed by atoms with Crippen LogP contribution in [-0.4, -0.2) is 21.1 Å². The summed E-state index contributed by atoms with van der Waals surface area (Å²) in [7, 11) is 0. The Hall–Kier alpha value is -1.96. The Kier molecular flexibility index (Phi) is 5.44. The third kappa shape index (κ3) is 3.92. The number of carbonyl (C=O) groups excluding carboxylic acids is 1. The molecule has 0 bridgehead atoms. The Bertz CT molecular complexity index is 869. The summed E-state index contributed by atoms with van der Waals surface area (Å²) in [6, 6.07) is 10.9. The van der Waals surface area contributed by atoms with Gasteiger partial charge in [-0.15, -0.1) is 10.2 Å². The van der Waals surface area contributed by atoms with Gasteiger partial charge in [-0.3, -0.25) is 10.1 Å². The average Bonchev–Trinajstić information content (AvgIpc) is 3.05. The molecule has 0 spiro atoms. The molecule has 0 radical (unpaired) electrons. The van der Waals surface area contributed by atoms with E-state index in [9.17, 15) is 4.79 Å². The third-order valence-corrected chi connectivity index (χ3v) is 5.57. The summed E-state index contributed by atoms with van der Waals surface area (Å²) in [4.78, 5) is 17.7. The van der Waals surface area contributed by atoms with Crippen molar-refractivity contribution in [1.82, 2.24) is 15.2 Å². The number of aromatic nitrogens is 3. The van der Waals surface area contributed by atoms with Gasteiger partial charge in [0.25, 0.3) is 5.91 Å². The van der Waals surface area contributed by atoms with Crippen molar-refractivity contribution in [2.45, 2.75) is 23.3 Å². The molecule has 2 heterocycles. The SMILES string of the molecule is CCc1nnc(NC(=O)c2cccnc2Sc2ccccc2Cl)s1. The summed E-state index contributed by atoms with van der Waals surface area (Å²) in [6.07, 6.45) is 2.43. The number of aryl methyl sites for hydroxylation is 1. The predicted molar refractivity (Wildman–Crippen MR) is 97.1 cm³/mol. The van der Waals surface area contributed by atoms with Gasteiger partial charge in [-0.25, -0.2) is 4.98 Å². The monoisotopic (exact) mass is 376 g/mol. The minimum atomic E-state index is -0.267. The van der Waals surface area contributed by atoms with E-state index in [-0.39, 0.29) is 5.91 Å². The molecule has 8 heteroatoms. The topological polar surface area (TPSA) is 67.8 Å². The highest BCUT2D eigenvalue weighted by atomic mass is 35.5. The molecule has 0 fully saturated rings. The lowest BCUT2D eigenvalue weighted by atomic mass is 10.3. The molecule has 0 aliphatic rings. The highest BCUT2D eigenvalue weighted by Gasteiger charge is 2.16. The second-order valence-corrected chi connectivity index (χ2v) is 7.20. The third-order valence-electron chi connectivity index (χ3n) is 3.05. The summed E-state index contributed by atoms with van der Waals surface area (Å²) >= 11 is 8.91. The molecule has 1 N–H and O–H groups in total. The standard InChI is InChI=1S/C16H13ClN4OS2/c1-2-13-20-21-16(24-13)19-14(22)10-6-5-9-18-15(10)23-12-8-4-3-7-11(12)17/h3-9H,2H2,1H3,(H,19,21,22). The molecule has 0 atom stereocenters. The molecule has 24 heavy (non-hydrogen) atoms. The van der Waals surface area contributed by atoms with Gasteiger partial charge in [-0.1, -0.05) is 53.8 Å². The fraction of sp³-hybridized carbons (Fsp3) is 0.125. The lowest BCUT2D eigenvalue weighted by Crippen LogP contribution is -2.13. The first-order valence-electron chi connectivity index (χ1n) is 7.18. The molecular formula is C16H13ClN4OS2. The molecule has 3 aromatic rings. The van der Waals surface area contributed by atoms with Crippen molar-refractivity contribution in [1.29, 1.82) is 0 Å². The summed E-state index contributed by atoms with van der Waals surface area (Å²) in [5, 5.41) is 13.3. The highest BCUT2D eigenvalue weighted by molar-refractivity contribution is 7.99. The van der Waals surface area contributed by atoms with Crippen LogP contribution in [0.5, 0.6) is 0 Å². The van der Waals surface area contributed by atoms with Gasteiger partial charge in [0.2, 0.25) is 5.13 Å². The van der Waals surface area contributed by atoms with E-state index < -0.39 is 0 Å². The van der Waals surface area contributed by atoms with Gasteiger partial charge in [0.15, 0.2) is 0 Å². The number of amides is 1. The van der Waals surface area contributed by atoms with Crippen LogP contribution in [0.4, 0.5) is 5.13 Å². The zero-order valence-electron chi connectivity index (χ0n) is 12.7. The quantitative estimate of drug-likeness (QED) is 0.707. The minimum Gasteiger partial charge on any atom is -0.296 e. The van der Waals surface area contributed by atoms with E-state index in [1.807, 2.05) is 25.1 Å². The second-order valence-electron chi connectivity index (χ2n) is 4.70. The molecule has 122 valence electrons. The van der Waals surface area contributed by atoms with Crippen LogP contribution >= 0.6 is 34.7 Å². The molecule has 2 aromatic heterocycles. The first-order valence-corrected chi connectivity index (χ1v) is 9.19. The number of carbonyl (C=O) groups is 1. The maximum absolute atomic E-state index is 12.5. The van der Waals surface area contributed by atoms with Crippen LogP contribution in [0.3, 0.4) is 0 Å². The molecule has 1 aromatic carbocycles. The number of halogens is 1. The Morgan fingerprint density at radius 3 is 2.83 bits per heavy atom. The summed E-state index contributed by atoms with van der Waals surface area (Å²) in [5.41, 5.74) is 0.468. The first kappa shape index (κ1) is 16.9. The Morgan fingerprint density at radius 1 is 1.25 bits per heavy atom. The van der Waals surface area contributed by atoms with Gasteiger partial charge in [-0.05, 0) is 30.7 Å². The largest absolute Gasteiger partial charge is 0.296 e. The normalized spacial score (nSPS) is 10.6. The number of pyridine rings is 1. The highest BCUT2D eigenvalue weighted by Crippen LogP contribution is 2.33. The first-order chi connectivity index (χ1) is 11.7. The summed E-state index contributed by atoms with van der Waals surface area (Å²) in [6.45, 7) is 1.99. The molecule has 0 unspecified atom stereocenters. The molecule has 0 aliphatic carbocycles. The van der Waals surface area contributed by atoms with E-state index in [2.05, 4.69) is 20.5 Å². The number of nitrogens with zero attached hydrogens (tertiary/aromatic N) is 3. The molecule has 1 amide bonds. The fourth-order valence-corrected chi connectivity index (χ4v) is 3.72. The van der Waals surface area contributed by atoms with Crippen LogP contribution < -0.4 is 5.32 Å². The zero-order valence-corrected chi connectivity index (χ0v) is 15.1. The Morgan fingerprint density at radius 2 is 2.08 bits per heavy atom. The maximum Gasteiger partial charge on any atom is 0.260 e. The number of hydrogen-bond acceptors (Lipinski definition) is 6. The number of nitrogens with one attached hydrogen (secondary N) is 1. The lowest BCUT2D eigenvalue weighted by Gasteiger charge is -2.08. The molecule has 3 rings (SSSR count). The Labute approximate surface area is 152 Å². The van der Waals surface area contributed by atoms with E-state index in [1.165, 1.54) is 23.1 Å². The summed E-state index contributed by atoms with van der Waals surface area (Å²) in [5.74, 6) is -0.267. The second kappa shape index (κ2) is 7.74. The number of rotatable bonds is 5. The van der Waals surface area contributed by atoms with Crippen LogP contribution in [-0.2, 0) is 6.42 Å². The van der Waals surface area contributed by atoms with Crippen molar-refractivity contribution >= 4 is 45.7 Å². The average molecular weight is 377 g/mol. The molecular weight excluding hydrogens is 364 g/mol. The molecule has 0 aliphatic heterocycles. The van der Waals surface area contributed by atoms with Crippen molar-refractivity contribution < 1.29 is 4.79 Å². The number of benzene rings is 1. The van der Waals surface area contributed by atoms with E-state index in [0.29, 0.717) is 20.7 Å². The van der Waals surface area contributed by atoms with Gasteiger partial charge in [0.05, 0.1) is 10.6 Å². The van der Waals surface area contributed by atoms with Crippen LogP contribution in [0.2, 0.25) is 5.02 Å². The van der Waals surface area contributed by atoms with Crippen molar-refractivity contribution in [3.63, 3.8) is 0 Å². The predicted octanol–water partition coefficient (Wildman–Crippen LogP) is 4.55. The summed E-state index contributed by atoms with van der Waals surface area (Å²) < 4.78 is 0. The Balaban J connectivity index is 1.83. The molecule has 0 saturated carbocycles. The molecule has 0 saturated heterocycles. The van der Waals surface area contributed by atoms with Crippen molar-refractivity contribution in [3.05, 3.63) is 58.2 Å². The number of hydrogen-bond donors (Lipinski definition) is 1. The zero-order chi connectivity index (χ0) is 16.9. The van der Waals surface area contributed by atoms with Gasteiger partial charge in [0.1, 0.15) is 10.0 Å². The number of anilines is 1.